The number of nitrogens with one attached hydrogen (secondary N) is 1. The standard InChI is InChI=1S/C15H10BrCl3N2O4/c16-10-3-7-12(8-4-10)25-14(15(17,18)19)20-13(22)9-1-5-11(6-2-9)21(23)24/h1-8,14H,(H,20,22)/t14-/m1/s1. The number of nitro groups is 1. The summed E-state index contributed by atoms with van der Waals surface area (Å²) in [4.78, 5) is 22.4. The maximum Gasteiger partial charge on any atom is 0.269 e. The molecule has 2 aromatic carbocycles. The van der Waals surface area contributed by atoms with E-state index in [1.54, 1.807) is 24.3 Å². The molecule has 0 spiro atoms. The van der Waals surface area contributed by atoms with Crippen molar-refractivity contribution in [3.05, 3.63) is 68.7 Å². The molecule has 25 heavy (non-hydrogen) atoms. The first-order valence-corrected chi connectivity index (χ1v) is 8.64. The van der Waals surface area contributed by atoms with E-state index in [4.69, 9.17) is 39.5 Å². The highest BCUT2D eigenvalue weighted by Crippen LogP contribution is 2.32. The average molecular weight is 469 g/mol. The number of non-ortho nitro benzene ring substituents is 1. The predicted octanol–water partition coefficient (Wildman–Crippen LogP) is 4.86. The number of benzene rings is 2. The van der Waals surface area contributed by atoms with Crippen molar-refractivity contribution in [3.63, 3.8) is 0 Å². The second-order valence-corrected chi connectivity index (χ2v) is 8.06. The highest BCUT2D eigenvalue weighted by atomic mass is 79.9. The summed E-state index contributed by atoms with van der Waals surface area (Å²) in [6.45, 7) is 0. The Balaban J connectivity index is 2.14. The van der Waals surface area contributed by atoms with Crippen LogP contribution in [-0.4, -0.2) is 20.9 Å². The number of carbonyl (C=O) groups is 1. The summed E-state index contributed by atoms with van der Waals surface area (Å²) in [6.07, 6.45) is -1.28. The first-order valence-electron chi connectivity index (χ1n) is 6.71. The van der Waals surface area contributed by atoms with Crippen LogP contribution in [0, 0.1) is 10.1 Å². The number of rotatable bonds is 5. The molecule has 0 saturated carbocycles. The Kier molecular flexibility index (Phi) is 6.51. The van der Waals surface area contributed by atoms with Crippen molar-refractivity contribution in [2.45, 2.75) is 10.0 Å². The fourth-order valence-electron chi connectivity index (χ4n) is 1.76. The van der Waals surface area contributed by atoms with Gasteiger partial charge in [-0.2, -0.15) is 0 Å². The maximum atomic E-state index is 12.3. The molecule has 0 radical (unpaired) electrons. The van der Waals surface area contributed by atoms with Crippen molar-refractivity contribution < 1.29 is 14.5 Å². The first kappa shape index (κ1) is 19.8. The van der Waals surface area contributed by atoms with Crippen LogP contribution in [0.1, 0.15) is 10.4 Å². The lowest BCUT2D eigenvalue weighted by Crippen LogP contribution is -2.47. The molecule has 132 valence electrons. The van der Waals surface area contributed by atoms with Crippen molar-refractivity contribution >= 4 is 62.3 Å². The highest BCUT2D eigenvalue weighted by Gasteiger charge is 2.36. The first-order chi connectivity index (χ1) is 11.7. The van der Waals surface area contributed by atoms with E-state index in [1.165, 1.54) is 24.3 Å². The van der Waals surface area contributed by atoms with E-state index in [0.29, 0.717) is 5.75 Å². The van der Waals surface area contributed by atoms with E-state index >= 15 is 0 Å². The van der Waals surface area contributed by atoms with Gasteiger partial charge < -0.3 is 10.1 Å². The Morgan fingerprint density at radius 1 is 1.12 bits per heavy atom. The smallest absolute Gasteiger partial charge is 0.269 e. The fourth-order valence-corrected chi connectivity index (χ4v) is 2.33. The van der Waals surface area contributed by atoms with Crippen molar-refractivity contribution in [2.24, 2.45) is 0 Å². The second kappa shape index (κ2) is 8.23. The SMILES string of the molecule is O=C(N[C@H](Oc1ccc(Br)cc1)C(Cl)(Cl)Cl)c1ccc([N+](=O)[O-])cc1. The van der Waals surface area contributed by atoms with Gasteiger partial charge >= 0.3 is 0 Å². The molecule has 0 aliphatic carbocycles. The van der Waals surface area contributed by atoms with Gasteiger partial charge in [0.2, 0.25) is 10.0 Å². The zero-order valence-electron chi connectivity index (χ0n) is 12.3. The predicted molar refractivity (Wildman–Crippen MR) is 99.4 cm³/mol. The van der Waals surface area contributed by atoms with E-state index in [0.717, 1.165) is 4.47 Å². The van der Waals surface area contributed by atoms with Crippen molar-refractivity contribution in [2.75, 3.05) is 0 Å². The Bertz CT molecular complexity index is 764. The van der Waals surface area contributed by atoms with Gasteiger partial charge in [-0.05, 0) is 36.4 Å². The normalized spacial score (nSPS) is 12.3. The minimum atomic E-state index is -1.94. The molecular formula is C15H10BrCl3N2O4. The molecule has 1 N–H and O–H groups in total. The average Bonchev–Trinajstić information content (AvgIpc) is 2.55. The molecule has 10 heteroatoms. The van der Waals surface area contributed by atoms with Gasteiger partial charge in [-0.15, -0.1) is 0 Å². The number of amides is 1. The molecule has 0 heterocycles. The summed E-state index contributed by atoms with van der Waals surface area (Å²) in [6, 6.07) is 11.7. The van der Waals surface area contributed by atoms with Crippen LogP contribution in [-0.2, 0) is 0 Å². The molecule has 0 aliphatic rings. The molecule has 0 aromatic heterocycles. The highest BCUT2D eigenvalue weighted by molar-refractivity contribution is 9.10. The quantitative estimate of drug-likeness (QED) is 0.294. The van der Waals surface area contributed by atoms with Gasteiger partial charge in [0, 0.05) is 22.2 Å². The largest absolute Gasteiger partial charge is 0.466 e. The summed E-state index contributed by atoms with van der Waals surface area (Å²) in [5.41, 5.74) is 0.0184. The summed E-state index contributed by atoms with van der Waals surface area (Å²) < 4.78 is 4.42. The van der Waals surface area contributed by atoms with Crippen molar-refractivity contribution in [1.82, 2.24) is 5.32 Å². The van der Waals surface area contributed by atoms with Crippen LogP contribution in [0.4, 0.5) is 5.69 Å². The second-order valence-electron chi connectivity index (χ2n) is 4.77. The van der Waals surface area contributed by atoms with E-state index in [1.807, 2.05) is 0 Å². The summed E-state index contributed by atoms with van der Waals surface area (Å²) >= 11 is 20.9. The lowest BCUT2D eigenvalue weighted by Gasteiger charge is -2.26. The third-order valence-corrected chi connectivity index (χ3v) is 4.09. The van der Waals surface area contributed by atoms with Crippen molar-refractivity contribution in [3.8, 4) is 5.75 Å². The maximum absolute atomic E-state index is 12.3. The zero-order valence-corrected chi connectivity index (χ0v) is 16.1. The Morgan fingerprint density at radius 3 is 2.16 bits per heavy atom. The number of ether oxygens (including phenoxy) is 1. The van der Waals surface area contributed by atoms with Crippen LogP contribution in [0.5, 0.6) is 5.75 Å². The van der Waals surface area contributed by atoms with Gasteiger partial charge in [0.15, 0.2) is 0 Å². The molecule has 6 nitrogen and oxygen atoms in total. The Hall–Kier alpha value is -1.54. The van der Waals surface area contributed by atoms with Gasteiger partial charge in [-0.3, -0.25) is 14.9 Å². The molecule has 1 atom stereocenters. The molecule has 0 aliphatic heterocycles. The number of nitrogens with zero attached hydrogens (tertiary/aromatic N) is 1. The Labute approximate surface area is 166 Å². The number of alkyl halides is 3. The lowest BCUT2D eigenvalue weighted by molar-refractivity contribution is -0.384. The van der Waals surface area contributed by atoms with E-state index in [9.17, 15) is 14.9 Å². The summed E-state index contributed by atoms with van der Waals surface area (Å²) in [5.74, 6) is -0.230. The third kappa shape index (κ3) is 5.74. The van der Waals surface area contributed by atoms with Gasteiger partial charge in [0.25, 0.3) is 11.6 Å². The minimum absolute atomic E-state index is 0.138. The zero-order chi connectivity index (χ0) is 18.6. The van der Waals surface area contributed by atoms with Crippen LogP contribution < -0.4 is 10.1 Å². The lowest BCUT2D eigenvalue weighted by atomic mass is 10.2. The third-order valence-electron chi connectivity index (χ3n) is 2.97. The number of halogens is 4. The van der Waals surface area contributed by atoms with Crippen LogP contribution in [0.15, 0.2) is 53.0 Å². The molecule has 2 rings (SSSR count). The van der Waals surface area contributed by atoms with Crippen LogP contribution >= 0.6 is 50.7 Å². The molecule has 2 aromatic rings. The molecule has 1 amide bonds. The van der Waals surface area contributed by atoms with Crippen LogP contribution in [0.2, 0.25) is 0 Å². The summed E-state index contributed by atoms with van der Waals surface area (Å²) in [7, 11) is 0. The monoisotopic (exact) mass is 466 g/mol. The van der Waals surface area contributed by atoms with Gasteiger partial charge in [-0.1, -0.05) is 50.7 Å². The van der Waals surface area contributed by atoms with Crippen LogP contribution in [0.25, 0.3) is 0 Å². The number of hydrogen-bond acceptors (Lipinski definition) is 4. The number of hydrogen-bond donors (Lipinski definition) is 1. The molecule has 0 saturated heterocycles. The van der Waals surface area contributed by atoms with Crippen molar-refractivity contribution in [1.29, 1.82) is 0 Å². The molecule has 0 bridgehead atoms. The molecule has 0 unspecified atom stereocenters. The van der Waals surface area contributed by atoms with E-state index < -0.39 is 20.9 Å². The fraction of sp³-hybridized carbons (Fsp3) is 0.133. The molecular weight excluding hydrogens is 458 g/mol. The van der Waals surface area contributed by atoms with Gasteiger partial charge in [0.1, 0.15) is 5.75 Å². The van der Waals surface area contributed by atoms with Gasteiger partial charge in [-0.25, -0.2) is 0 Å². The van der Waals surface area contributed by atoms with E-state index in [2.05, 4.69) is 21.2 Å². The molecule has 0 fully saturated rings. The van der Waals surface area contributed by atoms with E-state index in [-0.39, 0.29) is 11.3 Å². The van der Waals surface area contributed by atoms with Gasteiger partial charge in [0.05, 0.1) is 4.92 Å². The minimum Gasteiger partial charge on any atom is -0.466 e. The number of carbonyl (C=O) groups excluding carboxylic acids is 1. The topological polar surface area (TPSA) is 81.5 Å². The number of nitro benzene ring substituents is 1. The summed E-state index contributed by atoms with van der Waals surface area (Å²) in [5, 5.41) is 13.1. The Morgan fingerprint density at radius 2 is 1.68 bits per heavy atom. The van der Waals surface area contributed by atoms with Crippen LogP contribution in [0.3, 0.4) is 0 Å².